The number of benzene rings is 1. The van der Waals surface area contributed by atoms with Crippen LogP contribution in [0.2, 0.25) is 10.0 Å². The fraction of sp³-hybridized carbons (Fsp3) is 0. The lowest BCUT2D eigenvalue weighted by molar-refractivity contribution is 0.563. The summed E-state index contributed by atoms with van der Waals surface area (Å²) in [6, 6.07) is 2.97. The van der Waals surface area contributed by atoms with Gasteiger partial charge in [0.2, 0.25) is 6.29 Å². The van der Waals surface area contributed by atoms with Gasteiger partial charge in [-0.2, -0.15) is 0 Å². The van der Waals surface area contributed by atoms with Crippen molar-refractivity contribution in [1.29, 1.82) is 0 Å². The number of nitrogens with two attached hydrogens (primary N) is 1. The van der Waals surface area contributed by atoms with E-state index in [1.807, 2.05) is 0 Å². The standard InChI is InChI=1S/C7H4Cl2NO/c8-5-2-1-4(3-11)7(10)6(5)9/h1-2H,10H2. The van der Waals surface area contributed by atoms with E-state index in [1.54, 1.807) is 6.29 Å². The van der Waals surface area contributed by atoms with Crippen molar-refractivity contribution in [3.05, 3.63) is 27.7 Å². The Morgan fingerprint density at radius 1 is 1.36 bits per heavy atom. The fourth-order valence-corrected chi connectivity index (χ4v) is 0.985. The Labute approximate surface area is 73.9 Å². The van der Waals surface area contributed by atoms with Crippen LogP contribution in [0.25, 0.3) is 0 Å². The predicted molar refractivity (Wildman–Crippen MR) is 45.7 cm³/mol. The molecule has 4 heteroatoms. The third kappa shape index (κ3) is 1.47. The molecule has 2 nitrogen and oxygen atoms in total. The average molecular weight is 189 g/mol. The Balaban J connectivity index is 3.36. The lowest BCUT2D eigenvalue weighted by Gasteiger charge is -2.01. The fourth-order valence-electron chi connectivity index (χ4n) is 0.655. The Morgan fingerprint density at radius 2 is 2.00 bits per heavy atom. The second kappa shape index (κ2) is 3.11. The van der Waals surface area contributed by atoms with Crippen molar-refractivity contribution in [2.24, 2.45) is 0 Å². The molecule has 1 rings (SSSR count). The monoisotopic (exact) mass is 188 g/mol. The Morgan fingerprint density at radius 3 is 2.55 bits per heavy atom. The summed E-state index contributed by atoms with van der Waals surface area (Å²) in [4.78, 5) is 10.2. The van der Waals surface area contributed by atoms with Crippen molar-refractivity contribution in [3.63, 3.8) is 0 Å². The summed E-state index contributed by atoms with van der Waals surface area (Å²) in [6.07, 6.45) is 1.65. The van der Waals surface area contributed by atoms with Crippen LogP contribution >= 0.6 is 23.2 Å². The van der Waals surface area contributed by atoms with Crippen LogP contribution in [0.5, 0.6) is 0 Å². The van der Waals surface area contributed by atoms with Gasteiger partial charge in [0.25, 0.3) is 0 Å². The molecule has 2 N–H and O–H groups in total. The number of hydrogen-bond acceptors (Lipinski definition) is 2. The minimum absolute atomic E-state index is 0.175. The number of nitrogen functional groups attached to an aromatic ring is 1. The smallest absolute Gasteiger partial charge is 0.235 e. The molecule has 0 saturated carbocycles. The molecule has 1 aromatic rings. The van der Waals surface area contributed by atoms with E-state index in [2.05, 4.69) is 0 Å². The summed E-state index contributed by atoms with van der Waals surface area (Å²) in [5.41, 5.74) is 5.83. The molecule has 0 unspecified atom stereocenters. The maximum atomic E-state index is 10.2. The molecule has 0 spiro atoms. The number of halogens is 2. The zero-order chi connectivity index (χ0) is 8.43. The van der Waals surface area contributed by atoms with E-state index in [0.717, 1.165) is 0 Å². The maximum absolute atomic E-state index is 10.2. The first kappa shape index (κ1) is 8.37. The highest BCUT2D eigenvalue weighted by atomic mass is 35.5. The third-order valence-corrected chi connectivity index (χ3v) is 2.06. The van der Waals surface area contributed by atoms with Crippen molar-refractivity contribution >= 4 is 35.2 Å². The first-order chi connectivity index (χ1) is 5.16. The largest absolute Gasteiger partial charge is 0.397 e. The van der Waals surface area contributed by atoms with Crippen LogP contribution in [0.3, 0.4) is 0 Å². The minimum atomic E-state index is 0.175. The number of rotatable bonds is 1. The first-order valence-electron chi connectivity index (χ1n) is 2.78. The van der Waals surface area contributed by atoms with Gasteiger partial charge >= 0.3 is 0 Å². The van der Waals surface area contributed by atoms with Crippen molar-refractivity contribution in [1.82, 2.24) is 0 Å². The van der Waals surface area contributed by atoms with Gasteiger partial charge in [-0.1, -0.05) is 23.2 Å². The van der Waals surface area contributed by atoms with Crippen LogP contribution in [-0.4, -0.2) is 6.29 Å². The van der Waals surface area contributed by atoms with Gasteiger partial charge in [0.1, 0.15) is 0 Å². The molecule has 0 fully saturated rings. The van der Waals surface area contributed by atoms with Crippen molar-refractivity contribution in [3.8, 4) is 0 Å². The van der Waals surface area contributed by atoms with E-state index >= 15 is 0 Å². The van der Waals surface area contributed by atoms with Gasteiger partial charge in [-0.25, -0.2) is 0 Å². The average Bonchev–Trinajstić information content (AvgIpc) is 2.01. The molecule has 0 bridgehead atoms. The number of hydrogen-bond donors (Lipinski definition) is 1. The van der Waals surface area contributed by atoms with E-state index < -0.39 is 0 Å². The molecule has 0 heterocycles. The van der Waals surface area contributed by atoms with Crippen LogP contribution < -0.4 is 5.73 Å². The zero-order valence-electron chi connectivity index (χ0n) is 5.40. The Hall–Kier alpha value is -0.730. The molecule has 57 valence electrons. The van der Waals surface area contributed by atoms with Gasteiger partial charge in [0.05, 0.1) is 21.3 Å². The SMILES string of the molecule is Nc1c([C]=O)ccc(Cl)c1Cl. The molecule has 0 saturated heterocycles. The second-order valence-corrected chi connectivity index (χ2v) is 2.71. The van der Waals surface area contributed by atoms with Gasteiger partial charge in [0, 0.05) is 0 Å². The highest BCUT2D eigenvalue weighted by Crippen LogP contribution is 2.29. The summed E-state index contributed by atoms with van der Waals surface area (Å²) in [5.74, 6) is 0. The van der Waals surface area contributed by atoms with Crippen LogP contribution in [-0.2, 0) is 4.79 Å². The van der Waals surface area contributed by atoms with Gasteiger partial charge < -0.3 is 5.73 Å². The topological polar surface area (TPSA) is 43.1 Å². The molecule has 1 radical (unpaired) electrons. The van der Waals surface area contributed by atoms with E-state index in [0.29, 0.717) is 5.02 Å². The maximum Gasteiger partial charge on any atom is 0.235 e. The zero-order valence-corrected chi connectivity index (χ0v) is 6.91. The van der Waals surface area contributed by atoms with Gasteiger partial charge in [-0.3, -0.25) is 4.79 Å². The Kier molecular flexibility index (Phi) is 2.37. The molecular weight excluding hydrogens is 185 g/mol. The van der Waals surface area contributed by atoms with Crippen molar-refractivity contribution in [2.75, 3.05) is 5.73 Å². The molecule has 0 amide bonds. The molecule has 0 aromatic heterocycles. The van der Waals surface area contributed by atoms with Crippen LogP contribution in [0.1, 0.15) is 5.56 Å². The Bertz CT molecular complexity index is 299. The van der Waals surface area contributed by atoms with Gasteiger partial charge in [-0.05, 0) is 12.1 Å². The third-order valence-electron chi connectivity index (χ3n) is 1.24. The molecule has 0 aliphatic rings. The summed E-state index contributed by atoms with van der Waals surface area (Å²) in [7, 11) is 0. The summed E-state index contributed by atoms with van der Waals surface area (Å²) in [6.45, 7) is 0. The van der Waals surface area contributed by atoms with Crippen LogP contribution in [0.4, 0.5) is 5.69 Å². The number of carbonyl (C=O) groups excluding carboxylic acids is 1. The summed E-state index contributed by atoms with van der Waals surface area (Å²) >= 11 is 11.2. The lowest BCUT2D eigenvalue weighted by Crippen LogP contribution is -1.93. The van der Waals surface area contributed by atoms with Crippen molar-refractivity contribution in [2.45, 2.75) is 0 Å². The normalized spacial score (nSPS) is 9.64. The van der Waals surface area contributed by atoms with Gasteiger partial charge in [0.15, 0.2) is 0 Å². The van der Waals surface area contributed by atoms with Gasteiger partial charge in [-0.15, -0.1) is 0 Å². The molecule has 1 aromatic carbocycles. The first-order valence-corrected chi connectivity index (χ1v) is 3.54. The second-order valence-electron chi connectivity index (χ2n) is 1.92. The predicted octanol–water partition coefficient (Wildman–Crippen LogP) is 2.03. The van der Waals surface area contributed by atoms with E-state index in [4.69, 9.17) is 28.9 Å². The highest BCUT2D eigenvalue weighted by molar-refractivity contribution is 6.44. The van der Waals surface area contributed by atoms with E-state index in [9.17, 15) is 4.79 Å². The minimum Gasteiger partial charge on any atom is -0.397 e. The lowest BCUT2D eigenvalue weighted by atomic mass is 10.2. The molecule has 11 heavy (non-hydrogen) atoms. The van der Waals surface area contributed by atoms with Crippen LogP contribution in [0, 0.1) is 0 Å². The summed E-state index contributed by atoms with van der Waals surface area (Å²) < 4.78 is 0. The number of anilines is 1. The van der Waals surface area contributed by atoms with E-state index in [1.165, 1.54) is 12.1 Å². The van der Waals surface area contributed by atoms with Crippen LogP contribution in [0.15, 0.2) is 12.1 Å². The molecule has 0 aliphatic heterocycles. The molecule has 0 atom stereocenters. The quantitative estimate of drug-likeness (QED) is 0.686. The van der Waals surface area contributed by atoms with E-state index in [-0.39, 0.29) is 16.3 Å². The highest BCUT2D eigenvalue weighted by Gasteiger charge is 2.06. The molecular formula is C7H4Cl2NO. The van der Waals surface area contributed by atoms with Crippen molar-refractivity contribution < 1.29 is 4.79 Å². The molecule has 0 aliphatic carbocycles. The summed E-state index contributed by atoms with van der Waals surface area (Å²) in [5, 5.41) is 0.538.